The molecular weight excluding hydrogens is 342 g/mol. The highest BCUT2D eigenvalue weighted by atomic mass is 35.5. The lowest BCUT2D eigenvalue weighted by atomic mass is 10.2. The number of carbonyl (C=O) groups is 1. The van der Waals surface area contributed by atoms with Gasteiger partial charge in [-0.05, 0) is 43.3 Å². The van der Waals surface area contributed by atoms with Gasteiger partial charge in [-0.15, -0.1) is 0 Å². The Morgan fingerprint density at radius 1 is 1.20 bits per heavy atom. The lowest BCUT2D eigenvalue weighted by Gasteiger charge is -2.05. The van der Waals surface area contributed by atoms with Gasteiger partial charge in [0.2, 0.25) is 11.7 Å². The van der Waals surface area contributed by atoms with Crippen LogP contribution >= 0.6 is 11.6 Å². The first-order chi connectivity index (χ1) is 12.2. The number of amides is 1. The number of halogens is 1. The third-order valence-electron chi connectivity index (χ3n) is 3.41. The van der Waals surface area contributed by atoms with Crippen molar-refractivity contribution in [1.29, 1.82) is 0 Å². The maximum absolute atomic E-state index is 12.2. The molecule has 0 atom stereocenters. The minimum Gasteiger partial charge on any atom is -0.494 e. The number of hydrogen-bond acceptors (Lipinski definition) is 5. The average molecular weight is 358 g/mol. The monoisotopic (exact) mass is 357 g/mol. The fraction of sp³-hybridized carbons (Fsp3) is 0.167. The summed E-state index contributed by atoms with van der Waals surface area (Å²) in [5.41, 5.74) is 1.20. The lowest BCUT2D eigenvalue weighted by molar-refractivity contribution is 0.0946. The first-order valence-electron chi connectivity index (χ1n) is 7.76. The predicted molar refractivity (Wildman–Crippen MR) is 93.5 cm³/mol. The molecule has 128 valence electrons. The summed E-state index contributed by atoms with van der Waals surface area (Å²) < 4.78 is 10.5. The van der Waals surface area contributed by atoms with Crippen LogP contribution in [0.1, 0.15) is 23.2 Å². The average Bonchev–Trinajstić information content (AvgIpc) is 3.10. The number of aromatic nitrogens is 2. The maximum Gasteiger partial charge on any atom is 0.251 e. The van der Waals surface area contributed by atoms with E-state index in [4.69, 9.17) is 20.9 Å². The fourth-order valence-electron chi connectivity index (χ4n) is 2.21. The van der Waals surface area contributed by atoms with Crippen molar-refractivity contribution in [1.82, 2.24) is 15.5 Å². The summed E-state index contributed by atoms with van der Waals surface area (Å²) in [5.74, 6) is 1.17. The molecule has 0 aliphatic heterocycles. The van der Waals surface area contributed by atoms with Gasteiger partial charge < -0.3 is 14.6 Å². The Hall–Kier alpha value is -2.86. The highest BCUT2D eigenvalue weighted by molar-refractivity contribution is 6.33. The summed E-state index contributed by atoms with van der Waals surface area (Å²) in [6, 6.07) is 14.1. The van der Waals surface area contributed by atoms with E-state index in [0.717, 1.165) is 5.75 Å². The Morgan fingerprint density at radius 2 is 1.96 bits per heavy atom. The minimum atomic E-state index is -0.236. The van der Waals surface area contributed by atoms with Crippen LogP contribution in [0.4, 0.5) is 0 Å². The highest BCUT2D eigenvalue weighted by Gasteiger charge is 2.13. The maximum atomic E-state index is 12.2. The van der Waals surface area contributed by atoms with Crippen LogP contribution in [0, 0.1) is 0 Å². The largest absolute Gasteiger partial charge is 0.494 e. The molecule has 2 aromatic carbocycles. The van der Waals surface area contributed by atoms with Crippen molar-refractivity contribution >= 4 is 17.5 Å². The van der Waals surface area contributed by atoms with Gasteiger partial charge in [-0.3, -0.25) is 4.79 Å². The van der Waals surface area contributed by atoms with Crippen molar-refractivity contribution in [3.63, 3.8) is 0 Å². The molecular formula is C18H16ClN3O3. The summed E-state index contributed by atoms with van der Waals surface area (Å²) in [5, 5.41) is 7.16. The molecule has 0 bridgehead atoms. The third kappa shape index (κ3) is 4.16. The highest BCUT2D eigenvalue weighted by Crippen LogP contribution is 2.24. The van der Waals surface area contributed by atoms with E-state index in [1.807, 2.05) is 19.1 Å². The first-order valence-corrected chi connectivity index (χ1v) is 8.13. The summed E-state index contributed by atoms with van der Waals surface area (Å²) in [6.07, 6.45) is 0. The molecule has 6 nitrogen and oxygen atoms in total. The van der Waals surface area contributed by atoms with Gasteiger partial charge in [0.05, 0.1) is 18.2 Å². The Morgan fingerprint density at radius 3 is 2.68 bits per heavy atom. The molecule has 1 N–H and O–H groups in total. The van der Waals surface area contributed by atoms with Gasteiger partial charge in [-0.2, -0.15) is 4.98 Å². The van der Waals surface area contributed by atoms with Crippen LogP contribution < -0.4 is 10.1 Å². The molecule has 0 aliphatic rings. The molecule has 0 saturated heterocycles. The Kier molecular flexibility index (Phi) is 5.30. The zero-order valence-electron chi connectivity index (χ0n) is 13.5. The van der Waals surface area contributed by atoms with Crippen molar-refractivity contribution in [2.24, 2.45) is 0 Å². The predicted octanol–water partition coefficient (Wildman–Crippen LogP) is 3.72. The normalized spacial score (nSPS) is 10.5. The molecule has 1 amide bonds. The van der Waals surface area contributed by atoms with E-state index in [2.05, 4.69) is 15.5 Å². The zero-order chi connectivity index (χ0) is 17.6. The number of carbonyl (C=O) groups excluding carboxylic acids is 1. The minimum absolute atomic E-state index is 0.128. The van der Waals surface area contributed by atoms with Crippen LogP contribution in [0.2, 0.25) is 5.02 Å². The van der Waals surface area contributed by atoms with Gasteiger partial charge in [0, 0.05) is 11.1 Å². The number of ether oxygens (including phenoxy) is 1. The smallest absolute Gasteiger partial charge is 0.251 e. The summed E-state index contributed by atoms with van der Waals surface area (Å²) in [6.45, 7) is 2.61. The SMILES string of the molecule is CCOc1ccc(C(=O)NCc2nc(-c3ccccc3Cl)no2)cc1. The van der Waals surface area contributed by atoms with E-state index in [9.17, 15) is 4.79 Å². The van der Waals surface area contributed by atoms with Crippen molar-refractivity contribution < 1.29 is 14.1 Å². The molecule has 3 aromatic rings. The molecule has 0 unspecified atom stereocenters. The Labute approximate surface area is 149 Å². The van der Waals surface area contributed by atoms with E-state index in [-0.39, 0.29) is 12.5 Å². The van der Waals surface area contributed by atoms with E-state index in [0.29, 0.717) is 34.5 Å². The van der Waals surface area contributed by atoms with Crippen molar-refractivity contribution in [2.45, 2.75) is 13.5 Å². The van der Waals surface area contributed by atoms with Crippen LogP contribution in [0.3, 0.4) is 0 Å². The quantitative estimate of drug-likeness (QED) is 0.727. The van der Waals surface area contributed by atoms with E-state index in [1.54, 1.807) is 36.4 Å². The Bertz CT molecular complexity index is 862. The number of benzene rings is 2. The summed E-state index contributed by atoms with van der Waals surface area (Å²) in [4.78, 5) is 16.4. The first kappa shape index (κ1) is 17.0. The van der Waals surface area contributed by atoms with Crippen molar-refractivity contribution in [3.05, 3.63) is 65.0 Å². The summed E-state index contributed by atoms with van der Waals surface area (Å²) in [7, 11) is 0. The topological polar surface area (TPSA) is 77.2 Å². The number of nitrogens with zero attached hydrogens (tertiary/aromatic N) is 2. The second kappa shape index (κ2) is 7.81. The zero-order valence-corrected chi connectivity index (χ0v) is 14.3. The van der Waals surface area contributed by atoms with Crippen molar-refractivity contribution in [3.8, 4) is 17.1 Å². The number of rotatable bonds is 6. The molecule has 0 spiro atoms. The van der Waals surface area contributed by atoms with Gasteiger partial charge in [0.15, 0.2) is 0 Å². The molecule has 7 heteroatoms. The van der Waals surface area contributed by atoms with Gasteiger partial charge in [-0.25, -0.2) is 0 Å². The molecule has 0 fully saturated rings. The van der Waals surface area contributed by atoms with Gasteiger partial charge in [-0.1, -0.05) is 28.9 Å². The van der Waals surface area contributed by atoms with E-state index >= 15 is 0 Å². The van der Waals surface area contributed by atoms with Crippen LogP contribution in [0.25, 0.3) is 11.4 Å². The van der Waals surface area contributed by atoms with Gasteiger partial charge >= 0.3 is 0 Å². The number of hydrogen-bond donors (Lipinski definition) is 1. The molecule has 25 heavy (non-hydrogen) atoms. The molecule has 1 aromatic heterocycles. The number of nitrogens with one attached hydrogen (secondary N) is 1. The third-order valence-corrected chi connectivity index (χ3v) is 3.74. The van der Waals surface area contributed by atoms with E-state index < -0.39 is 0 Å². The second-order valence-electron chi connectivity index (χ2n) is 5.13. The van der Waals surface area contributed by atoms with Gasteiger partial charge in [0.1, 0.15) is 5.75 Å². The molecule has 0 saturated carbocycles. The fourth-order valence-corrected chi connectivity index (χ4v) is 2.43. The second-order valence-corrected chi connectivity index (χ2v) is 5.54. The molecule has 3 rings (SSSR count). The Balaban J connectivity index is 1.62. The molecule has 1 heterocycles. The van der Waals surface area contributed by atoms with Gasteiger partial charge in [0.25, 0.3) is 5.91 Å². The van der Waals surface area contributed by atoms with Crippen LogP contribution in [0.15, 0.2) is 53.1 Å². The van der Waals surface area contributed by atoms with Crippen LogP contribution in [0.5, 0.6) is 5.75 Å². The standard InChI is InChI=1S/C18H16ClN3O3/c1-2-24-13-9-7-12(8-10-13)18(23)20-11-16-21-17(22-25-16)14-5-3-4-6-15(14)19/h3-10H,2,11H2,1H3,(H,20,23). The van der Waals surface area contributed by atoms with Crippen LogP contribution in [-0.2, 0) is 6.54 Å². The summed E-state index contributed by atoms with van der Waals surface area (Å²) >= 11 is 6.11. The van der Waals surface area contributed by atoms with Crippen LogP contribution in [-0.4, -0.2) is 22.7 Å². The lowest BCUT2D eigenvalue weighted by Crippen LogP contribution is -2.22. The molecule has 0 aliphatic carbocycles. The van der Waals surface area contributed by atoms with E-state index in [1.165, 1.54) is 0 Å². The van der Waals surface area contributed by atoms with Crippen molar-refractivity contribution in [2.75, 3.05) is 6.61 Å². The molecule has 0 radical (unpaired) electrons.